The fourth-order valence-corrected chi connectivity index (χ4v) is 1.64. The topological polar surface area (TPSA) is 61.4 Å². The maximum atomic E-state index is 11.4. The largest absolute Gasteiger partial charge is 0.392 e. The Labute approximate surface area is 90.4 Å². The summed E-state index contributed by atoms with van der Waals surface area (Å²) >= 11 is 0. The normalized spacial score (nSPS) is 27.6. The minimum atomic E-state index is -0.318. The van der Waals surface area contributed by atoms with Crippen molar-refractivity contribution in [2.45, 2.75) is 32.4 Å². The number of carbonyl (C=O) groups is 1. The summed E-state index contributed by atoms with van der Waals surface area (Å²) in [4.78, 5) is 11.4. The highest BCUT2D eigenvalue weighted by atomic mass is 16.3. The fraction of sp³-hybridized carbons (Fsp3) is 0.727. The van der Waals surface area contributed by atoms with Gasteiger partial charge in [0.15, 0.2) is 0 Å². The van der Waals surface area contributed by atoms with Crippen LogP contribution in [0, 0.1) is 17.8 Å². The van der Waals surface area contributed by atoms with E-state index in [0.717, 1.165) is 0 Å². The molecule has 0 aromatic rings. The predicted octanol–water partition coefficient (Wildman–Crippen LogP) is -0.515. The van der Waals surface area contributed by atoms with E-state index >= 15 is 0 Å². The van der Waals surface area contributed by atoms with Gasteiger partial charge in [-0.15, -0.1) is 6.42 Å². The van der Waals surface area contributed by atoms with Crippen LogP contribution < -0.4 is 10.6 Å². The Morgan fingerprint density at radius 1 is 1.67 bits per heavy atom. The molecule has 4 heteroatoms. The predicted molar refractivity (Wildman–Crippen MR) is 58.0 cm³/mol. The molecule has 1 fully saturated rings. The van der Waals surface area contributed by atoms with Crippen molar-refractivity contribution >= 4 is 5.91 Å². The Morgan fingerprint density at radius 3 is 2.80 bits per heavy atom. The Balaban J connectivity index is 2.26. The third-order valence-electron chi connectivity index (χ3n) is 3.06. The number of amides is 1. The van der Waals surface area contributed by atoms with Gasteiger partial charge in [-0.05, 0) is 6.42 Å². The molecule has 0 bridgehead atoms. The van der Waals surface area contributed by atoms with E-state index in [9.17, 15) is 9.90 Å². The number of aliphatic hydroxyl groups is 1. The van der Waals surface area contributed by atoms with Gasteiger partial charge in [-0.3, -0.25) is 10.1 Å². The van der Waals surface area contributed by atoms with Crippen LogP contribution in [0.5, 0.6) is 0 Å². The van der Waals surface area contributed by atoms with Crippen LogP contribution in [-0.4, -0.2) is 36.2 Å². The van der Waals surface area contributed by atoms with E-state index in [0.29, 0.717) is 13.0 Å². The molecule has 2 unspecified atom stereocenters. The molecular weight excluding hydrogens is 192 g/mol. The third-order valence-corrected chi connectivity index (χ3v) is 3.06. The van der Waals surface area contributed by atoms with Gasteiger partial charge in [-0.1, -0.05) is 19.8 Å². The number of nitrogens with one attached hydrogen (secondary N) is 2. The zero-order chi connectivity index (χ0) is 11.5. The van der Waals surface area contributed by atoms with Gasteiger partial charge in [0.25, 0.3) is 0 Å². The van der Waals surface area contributed by atoms with Gasteiger partial charge < -0.3 is 10.4 Å². The highest BCUT2D eigenvalue weighted by Gasteiger charge is 2.47. The molecule has 0 spiro atoms. The highest BCUT2D eigenvalue weighted by molar-refractivity contribution is 5.78. The first-order valence-corrected chi connectivity index (χ1v) is 5.10. The highest BCUT2D eigenvalue weighted by Crippen LogP contribution is 2.40. The zero-order valence-electron chi connectivity index (χ0n) is 9.21. The van der Waals surface area contributed by atoms with Crippen molar-refractivity contribution in [3.63, 3.8) is 0 Å². The van der Waals surface area contributed by atoms with E-state index in [1.165, 1.54) is 0 Å². The minimum absolute atomic E-state index is 0.0626. The molecule has 1 aliphatic carbocycles. The molecule has 3 N–H and O–H groups in total. The summed E-state index contributed by atoms with van der Waals surface area (Å²) in [5.41, 5.74) is -0.220. The first-order valence-electron chi connectivity index (χ1n) is 5.10. The van der Waals surface area contributed by atoms with Gasteiger partial charge in [0.2, 0.25) is 5.91 Å². The first kappa shape index (κ1) is 12.0. The lowest BCUT2D eigenvalue weighted by molar-refractivity contribution is -0.128. The maximum absolute atomic E-state index is 11.4. The second-order valence-corrected chi connectivity index (χ2v) is 4.50. The van der Waals surface area contributed by atoms with Crippen molar-refractivity contribution in [2.24, 2.45) is 5.41 Å². The van der Waals surface area contributed by atoms with Crippen LogP contribution in [0.25, 0.3) is 0 Å². The second kappa shape index (κ2) is 4.65. The molecule has 0 saturated heterocycles. The van der Waals surface area contributed by atoms with Crippen molar-refractivity contribution < 1.29 is 9.90 Å². The molecule has 0 aliphatic heterocycles. The Kier molecular flexibility index (Phi) is 3.72. The molecule has 15 heavy (non-hydrogen) atoms. The lowest BCUT2D eigenvalue weighted by Crippen LogP contribution is -2.62. The quantitative estimate of drug-likeness (QED) is 0.432. The van der Waals surface area contributed by atoms with Crippen LogP contribution in [-0.2, 0) is 4.79 Å². The van der Waals surface area contributed by atoms with Gasteiger partial charge in [0.05, 0.1) is 19.2 Å². The number of aliphatic hydroxyl groups excluding tert-OH is 1. The van der Waals surface area contributed by atoms with Crippen molar-refractivity contribution in [3.05, 3.63) is 0 Å². The summed E-state index contributed by atoms with van der Waals surface area (Å²) in [7, 11) is 0. The maximum Gasteiger partial charge on any atom is 0.234 e. The Bertz CT molecular complexity index is 281. The van der Waals surface area contributed by atoms with Gasteiger partial charge in [0.1, 0.15) is 0 Å². The first-order chi connectivity index (χ1) is 6.98. The van der Waals surface area contributed by atoms with E-state index < -0.39 is 0 Å². The van der Waals surface area contributed by atoms with Crippen LogP contribution in [0.4, 0.5) is 0 Å². The van der Waals surface area contributed by atoms with Gasteiger partial charge in [-0.2, -0.15) is 0 Å². The van der Waals surface area contributed by atoms with E-state index in [1.54, 1.807) is 0 Å². The third kappa shape index (κ3) is 2.71. The number of hydrogen-bond acceptors (Lipinski definition) is 3. The van der Waals surface area contributed by atoms with Crippen LogP contribution in [0.3, 0.4) is 0 Å². The molecule has 0 aromatic carbocycles. The van der Waals surface area contributed by atoms with Crippen molar-refractivity contribution in [2.75, 3.05) is 13.1 Å². The average molecular weight is 210 g/mol. The number of rotatable bonds is 4. The number of carbonyl (C=O) groups excluding carboxylic acids is 1. The molecule has 4 nitrogen and oxygen atoms in total. The summed E-state index contributed by atoms with van der Waals surface area (Å²) in [6, 6.07) is 0.0626. The van der Waals surface area contributed by atoms with Gasteiger partial charge in [0, 0.05) is 11.5 Å². The smallest absolute Gasteiger partial charge is 0.234 e. The minimum Gasteiger partial charge on any atom is -0.392 e. The molecule has 1 aliphatic rings. The van der Waals surface area contributed by atoms with Gasteiger partial charge >= 0.3 is 0 Å². The van der Waals surface area contributed by atoms with E-state index in [1.807, 2.05) is 13.8 Å². The molecule has 1 amide bonds. The van der Waals surface area contributed by atoms with Crippen LogP contribution in [0.2, 0.25) is 0 Å². The van der Waals surface area contributed by atoms with Crippen molar-refractivity contribution in [3.8, 4) is 12.3 Å². The molecule has 1 rings (SSSR count). The molecule has 0 heterocycles. The molecular formula is C11H18N2O2. The summed E-state index contributed by atoms with van der Waals surface area (Å²) in [6.45, 7) is 4.51. The monoisotopic (exact) mass is 210 g/mol. The van der Waals surface area contributed by atoms with E-state index in [4.69, 9.17) is 6.42 Å². The Hall–Kier alpha value is -1.05. The molecule has 84 valence electrons. The Morgan fingerprint density at radius 2 is 2.33 bits per heavy atom. The SMILES string of the molecule is C#CCNCC(=O)NC1CC(O)C1(C)C. The van der Waals surface area contributed by atoms with Crippen LogP contribution in [0.15, 0.2) is 0 Å². The van der Waals surface area contributed by atoms with Gasteiger partial charge in [-0.25, -0.2) is 0 Å². The molecule has 0 aromatic heterocycles. The summed E-state index contributed by atoms with van der Waals surface area (Å²) in [5.74, 6) is 2.32. The summed E-state index contributed by atoms with van der Waals surface area (Å²) in [6.07, 6.45) is 5.35. The van der Waals surface area contributed by atoms with Crippen molar-refractivity contribution in [1.29, 1.82) is 0 Å². The fourth-order valence-electron chi connectivity index (χ4n) is 1.64. The molecule has 0 radical (unpaired) electrons. The molecule has 1 saturated carbocycles. The summed E-state index contributed by atoms with van der Waals surface area (Å²) < 4.78 is 0. The summed E-state index contributed by atoms with van der Waals surface area (Å²) in [5, 5.41) is 15.2. The van der Waals surface area contributed by atoms with E-state index in [-0.39, 0.29) is 30.0 Å². The average Bonchev–Trinajstić information content (AvgIpc) is 2.18. The van der Waals surface area contributed by atoms with Crippen molar-refractivity contribution in [1.82, 2.24) is 10.6 Å². The van der Waals surface area contributed by atoms with Crippen LogP contribution in [0.1, 0.15) is 20.3 Å². The second-order valence-electron chi connectivity index (χ2n) is 4.50. The standard InChI is InChI=1S/C11H18N2O2/c1-4-5-12-7-10(15)13-8-6-9(14)11(8,2)3/h1,8-9,12,14H,5-7H2,2-3H3,(H,13,15). The van der Waals surface area contributed by atoms with E-state index in [2.05, 4.69) is 16.6 Å². The zero-order valence-corrected chi connectivity index (χ0v) is 9.21. The lowest BCUT2D eigenvalue weighted by atomic mass is 9.64. The molecule has 2 atom stereocenters. The van der Waals surface area contributed by atoms with Crippen LogP contribution >= 0.6 is 0 Å². The number of terminal acetylenes is 1. The number of hydrogen-bond donors (Lipinski definition) is 3. The lowest BCUT2D eigenvalue weighted by Gasteiger charge is -2.49.